The summed E-state index contributed by atoms with van der Waals surface area (Å²) in [5.74, 6) is 0.370. The van der Waals surface area contributed by atoms with Gasteiger partial charge < -0.3 is 4.74 Å². The Morgan fingerprint density at radius 2 is 2.00 bits per heavy atom. The quantitative estimate of drug-likeness (QED) is 0.708. The summed E-state index contributed by atoms with van der Waals surface area (Å²) in [4.78, 5) is 0. The second kappa shape index (κ2) is 5.48. The van der Waals surface area contributed by atoms with Crippen molar-refractivity contribution in [1.29, 1.82) is 0 Å². The van der Waals surface area contributed by atoms with Crippen molar-refractivity contribution in [2.45, 2.75) is 24.9 Å². The van der Waals surface area contributed by atoms with Gasteiger partial charge in [-0.1, -0.05) is 15.9 Å². The van der Waals surface area contributed by atoms with E-state index in [-0.39, 0.29) is 0 Å². The van der Waals surface area contributed by atoms with Gasteiger partial charge in [-0.3, -0.25) is 0 Å². The van der Waals surface area contributed by atoms with Gasteiger partial charge in [0.1, 0.15) is 5.75 Å². The van der Waals surface area contributed by atoms with E-state index in [4.69, 9.17) is 16.3 Å². The topological polar surface area (TPSA) is 9.23 Å². The molecule has 0 amide bonds. The summed E-state index contributed by atoms with van der Waals surface area (Å²) in [5.41, 5.74) is 1.21. The van der Waals surface area contributed by atoms with Gasteiger partial charge in [-0.05, 0) is 24.6 Å². The summed E-state index contributed by atoms with van der Waals surface area (Å²) < 4.78 is 42.6. The highest BCUT2D eigenvalue weighted by atomic mass is 79.9. The van der Waals surface area contributed by atoms with Crippen molar-refractivity contribution < 1.29 is 17.9 Å². The van der Waals surface area contributed by atoms with E-state index in [2.05, 4.69) is 15.9 Å². The Bertz CT molecular complexity index is 406. The van der Waals surface area contributed by atoms with E-state index in [1.807, 2.05) is 6.92 Å². The number of alkyl halides is 4. The Morgan fingerprint density at radius 1 is 1.41 bits per heavy atom. The number of halogens is 5. The van der Waals surface area contributed by atoms with E-state index in [0.29, 0.717) is 15.8 Å². The van der Waals surface area contributed by atoms with Crippen LogP contribution in [0.2, 0.25) is 0 Å². The van der Waals surface area contributed by atoms with Crippen LogP contribution in [0, 0.1) is 6.92 Å². The first-order valence-corrected chi connectivity index (χ1v) is 6.02. The minimum Gasteiger partial charge on any atom is -0.496 e. The van der Waals surface area contributed by atoms with Gasteiger partial charge in [0.15, 0.2) is 0 Å². The highest BCUT2D eigenvalue weighted by Crippen LogP contribution is 2.40. The predicted octanol–water partition coefficient (Wildman–Crippen LogP) is 5.00. The van der Waals surface area contributed by atoms with Crippen molar-refractivity contribution in [2.24, 2.45) is 0 Å². The third kappa shape index (κ3) is 4.07. The lowest BCUT2D eigenvalue weighted by Crippen LogP contribution is -2.11. The molecule has 0 bridgehead atoms. The molecule has 0 aromatic heterocycles. The van der Waals surface area contributed by atoms with Crippen LogP contribution in [-0.4, -0.2) is 13.3 Å². The summed E-state index contributed by atoms with van der Waals surface area (Å²) in [7, 11) is 1.41. The van der Waals surface area contributed by atoms with Crippen LogP contribution in [0.3, 0.4) is 0 Å². The summed E-state index contributed by atoms with van der Waals surface area (Å²) in [6, 6.07) is 3.22. The molecule has 0 N–H and O–H groups in total. The number of rotatable bonds is 3. The molecule has 1 atom stereocenters. The Labute approximate surface area is 111 Å². The van der Waals surface area contributed by atoms with Gasteiger partial charge in [0.2, 0.25) is 0 Å². The normalized spacial score (nSPS) is 13.6. The maximum absolute atomic E-state index is 12.3. The molecule has 1 aromatic carbocycles. The number of hydrogen-bond acceptors (Lipinski definition) is 1. The van der Waals surface area contributed by atoms with Gasteiger partial charge in [-0.25, -0.2) is 0 Å². The number of methoxy groups -OCH3 is 1. The van der Waals surface area contributed by atoms with Gasteiger partial charge in [-0.2, -0.15) is 13.2 Å². The zero-order valence-corrected chi connectivity index (χ0v) is 11.6. The van der Waals surface area contributed by atoms with Crippen LogP contribution < -0.4 is 4.74 Å². The standard InChI is InChI=1S/C11H11BrClF3O/c1-6-3-10(17-2)7(4-8(6)12)9(13)5-11(14,15)16/h3-4,9H,5H2,1-2H3. The molecular formula is C11H11BrClF3O. The number of benzene rings is 1. The largest absolute Gasteiger partial charge is 0.496 e. The molecule has 17 heavy (non-hydrogen) atoms. The van der Waals surface area contributed by atoms with Crippen LogP contribution in [0.5, 0.6) is 5.75 Å². The molecule has 6 heteroatoms. The zero-order valence-electron chi connectivity index (χ0n) is 9.24. The first-order chi connectivity index (χ1) is 7.74. The molecule has 96 valence electrons. The maximum atomic E-state index is 12.3. The molecule has 0 radical (unpaired) electrons. The minimum absolute atomic E-state index is 0.337. The van der Waals surface area contributed by atoms with E-state index in [1.54, 1.807) is 12.1 Å². The Balaban J connectivity index is 3.08. The third-order valence-corrected chi connectivity index (χ3v) is 3.50. The molecular weight excluding hydrogens is 320 g/mol. The van der Waals surface area contributed by atoms with Gasteiger partial charge in [0.05, 0.1) is 18.9 Å². The second-order valence-electron chi connectivity index (χ2n) is 3.63. The van der Waals surface area contributed by atoms with Crippen molar-refractivity contribution >= 4 is 27.5 Å². The molecule has 1 aromatic rings. The van der Waals surface area contributed by atoms with Crippen molar-refractivity contribution in [3.63, 3.8) is 0 Å². The number of hydrogen-bond donors (Lipinski definition) is 0. The summed E-state index contributed by atoms with van der Waals surface area (Å²) in [6.07, 6.45) is -5.38. The molecule has 0 fully saturated rings. The lowest BCUT2D eigenvalue weighted by molar-refractivity contribution is -0.134. The molecule has 1 nitrogen and oxygen atoms in total. The Morgan fingerprint density at radius 3 is 2.47 bits per heavy atom. The summed E-state index contributed by atoms with van der Waals surface area (Å²) >= 11 is 9.04. The van der Waals surface area contributed by atoms with Gasteiger partial charge in [0.25, 0.3) is 0 Å². The highest BCUT2D eigenvalue weighted by Gasteiger charge is 2.33. The van der Waals surface area contributed by atoms with E-state index in [0.717, 1.165) is 5.56 Å². The molecule has 0 saturated heterocycles. The second-order valence-corrected chi connectivity index (χ2v) is 5.01. The lowest BCUT2D eigenvalue weighted by atomic mass is 10.1. The zero-order chi connectivity index (χ0) is 13.2. The van der Waals surface area contributed by atoms with E-state index in [9.17, 15) is 13.2 Å². The van der Waals surface area contributed by atoms with E-state index < -0.39 is 18.0 Å². The average molecular weight is 332 g/mol. The lowest BCUT2D eigenvalue weighted by Gasteiger charge is -2.17. The Kier molecular flexibility index (Phi) is 4.72. The average Bonchev–Trinajstić information content (AvgIpc) is 2.18. The molecule has 0 spiro atoms. The fourth-order valence-electron chi connectivity index (χ4n) is 1.41. The van der Waals surface area contributed by atoms with Crippen LogP contribution >= 0.6 is 27.5 Å². The molecule has 0 saturated carbocycles. The predicted molar refractivity (Wildman–Crippen MR) is 64.7 cm³/mol. The van der Waals surface area contributed by atoms with Crippen molar-refractivity contribution in [3.8, 4) is 5.75 Å². The van der Waals surface area contributed by atoms with Crippen LogP contribution in [0.1, 0.15) is 22.9 Å². The van der Waals surface area contributed by atoms with Gasteiger partial charge in [0, 0.05) is 10.0 Å². The fourth-order valence-corrected chi connectivity index (χ4v) is 2.11. The van der Waals surface area contributed by atoms with Crippen LogP contribution in [-0.2, 0) is 0 Å². The molecule has 0 aliphatic carbocycles. The van der Waals surface area contributed by atoms with Crippen LogP contribution in [0.4, 0.5) is 13.2 Å². The third-order valence-electron chi connectivity index (χ3n) is 2.26. The first kappa shape index (κ1) is 14.6. The van der Waals surface area contributed by atoms with Crippen molar-refractivity contribution in [1.82, 2.24) is 0 Å². The highest BCUT2D eigenvalue weighted by molar-refractivity contribution is 9.10. The van der Waals surface area contributed by atoms with Crippen molar-refractivity contribution in [2.75, 3.05) is 7.11 Å². The molecule has 1 unspecified atom stereocenters. The first-order valence-electron chi connectivity index (χ1n) is 4.79. The molecule has 0 aliphatic rings. The smallest absolute Gasteiger partial charge is 0.390 e. The van der Waals surface area contributed by atoms with Gasteiger partial charge in [-0.15, -0.1) is 11.6 Å². The van der Waals surface area contributed by atoms with Crippen LogP contribution in [0.15, 0.2) is 16.6 Å². The monoisotopic (exact) mass is 330 g/mol. The minimum atomic E-state index is -4.30. The fraction of sp³-hybridized carbons (Fsp3) is 0.455. The molecule has 0 heterocycles. The van der Waals surface area contributed by atoms with E-state index >= 15 is 0 Å². The maximum Gasteiger partial charge on any atom is 0.390 e. The van der Waals surface area contributed by atoms with Crippen molar-refractivity contribution in [3.05, 3.63) is 27.7 Å². The SMILES string of the molecule is COc1cc(C)c(Br)cc1C(Cl)CC(F)(F)F. The Hall–Kier alpha value is -0.420. The van der Waals surface area contributed by atoms with E-state index in [1.165, 1.54) is 7.11 Å². The van der Waals surface area contributed by atoms with Crippen LogP contribution in [0.25, 0.3) is 0 Å². The number of ether oxygens (including phenoxy) is 1. The molecule has 1 rings (SSSR count). The summed E-state index contributed by atoms with van der Waals surface area (Å²) in [5, 5.41) is -1.15. The molecule has 0 aliphatic heterocycles. The summed E-state index contributed by atoms with van der Waals surface area (Å²) in [6.45, 7) is 1.82. The van der Waals surface area contributed by atoms with Gasteiger partial charge >= 0.3 is 6.18 Å². The number of aryl methyl sites for hydroxylation is 1.